The van der Waals surface area contributed by atoms with Crippen LogP contribution in [0.4, 0.5) is 5.69 Å². The van der Waals surface area contributed by atoms with Crippen molar-refractivity contribution in [3.05, 3.63) is 76.9 Å². The average Bonchev–Trinajstić information content (AvgIpc) is 2.67. The first-order chi connectivity index (χ1) is 13.1. The van der Waals surface area contributed by atoms with E-state index in [0.717, 1.165) is 27.6 Å². The topological polar surface area (TPSA) is 52.3 Å². The molecule has 0 saturated heterocycles. The van der Waals surface area contributed by atoms with Crippen molar-refractivity contribution in [2.75, 3.05) is 12.3 Å². The summed E-state index contributed by atoms with van der Waals surface area (Å²) < 4.78 is 4.99. The highest BCUT2D eigenvalue weighted by Gasteiger charge is 2.05. The molecule has 0 bridgehead atoms. The van der Waals surface area contributed by atoms with Gasteiger partial charge in [0, 0.05) is 23.2 Å². The van der Waals surface area contributed by atoms with Gasteiger partial charge in [-0.05, 0) is 54.3 Å². The monoisotopic (exact) mass is 357 g/mol. The van der Waals surface area contributed by atoms with Gasteiger partial charge in [0.2, 0.25) is 0 Å². The lowest BCUT2D eigenvalue weighted by Gasteiger charge is -2.06. The molecule has 2 N–H and O–H groups in total. The SMILES string of the molecule is CCOC(=O)CCc1ccc(N)c(C#Cc2c(C)ccc3ccccc23)c1. The average molecular weight is 357 g/mol. The number of carbonyl (C=O) groups is 1. The fourth-order valence-corrected chi connectivity index (χ4v) is 3.02. The molecule has 0 amide bonds. The molecular weight excluding hydrogens is 334 g/mol. The van der Waals surface area contributed by atoms with Gasteiger partial charge in [-0.25, -0.2) is 0 Å². The Morgan fingerprint density at radius 3 is 2.70 bits per heavy atom. The molecule has 0 aliphatic heterocycles. The molecule has 3 aromatic carbocycles. The molecule has 0 saturated carbocycles. The van der Waals surface area contributed by atoms with Gasteiger partial charge in [-0.3, -0.25) is 4.79 Å². The number of ether oxygens (including phenoxy) is 1. The van der Waals surface area contributed by atoms with Crippen molar-refractivity contribution in [3.8, 4) is 11.8 Å². The van der Waals surface area contributed by atoms with Gasteiger partial charge < -0.3 is 10.5 Å². The summed E-state index contributed by atoms with van der Waals surface area (Å²) in [5, 5.41) is 2.31. The fourth-order valence-electron chi connectivity index (χ4n) is 3.02. The minimum atomic E-state index is -0.187. The molecule has 3 nitrogen and oxygen atoms in total. The van der Waals surface area contributed by atoms with E-state index in [4.69, 9.17) is 10.5 Å². The van der Waals surface area contributed by atoms with Crippen LogP contribution in [0.25, 0.3) is 10.8 Å². The summed E-state index contributed by atoms with van der Waals surface area (Å²) in [4.78, 5) is 11.6. The van der Waals surface area contributed by atoms with Crippen molar-refractivity contribution >= 4 is 22.4 Å². The molecule has 3 rings (SSSR count). The van der Waals surface area contributed by atoms with E-state index in [1.807, 2.05) is 37.3 Å². The summed E-state index contributed by atoms with van der Waals surface area (Å²) in [6.45, 7) is 4.28. The van der Waals surface area contributed by atoms with Crippen LogP contribution in [0.5, 0.6) is 0 Å². The minimum absolute atomic E-state index is 0.187. The predicted octanol–water partition coefficient (Wildman–Crippen LogP) is 4.63. The van der Waals surface area contributed by atoms with Crippen molar-refractivity contribution in [2.24, 2.45) is 0 Å². The Balaban J connectivity index is 1.90. The molecule has 0 fully saturated rings. The van der Waals surface area contributed by atoms with Crippen LogP contribution >= 0.6 is 0 Å². The van der Waals surface area contributed by atoms with Crippen LogP contribution < -0.4 is 5.73 Å². The zero-order valence-electron chi connectivity index (χ0n) is 15.7. The molecule has 0 unspecified atom stereocenters. The Hall–Kier alpha value is -3.25. The quantitative estimate of drug-likeness (QED) is 0.421. The van der Waals surface area contributed by atoms with E-state index < -0.39 is 0 Å². The highest BCUT2D eigenvalue weighted by Crippen LogP contribution is 2.22. The summed E-state index contributed by atoms with van der Waals surface area (Å²) in [6.07, 6.45) is 0.966. The first-order valence-electron chi connectivity index (χ1n) is 9.13. The molecule has 3 aromatic rings. The third-order valence-electron chi connectivity index (χ3n) is 4.50. The summed E-state index contributed by atoms with van der Waals surface area (Å²) in [5.41, 5.74) is 10.7. The van der Waals surface area contributed by atoms with Gasteiger partial charge in [0.05, 0.1) is 6.61 Å². The fraction of sp³-hybridized carbons (Fsp3) is 0.208. The lowest BCUT2D eigenvalue weighted by atomic mass is 9.99. The maximum Gasteiger partial charge on any atom is 0.306 e. The van der Waals surface area contributed by atoms with Gasteiger partial charge >= 0.3 is 5.97 Å². The number of fused-ring (bicyclic) bond motifs is 1. The highest BCUT2D eigenvalue weighted by molar-refractivity contribution is 5.89. The molecule has 0 aliphatic carbocycles. The molecule has 0 atom stereocenters. The lowest BCUT2D eigenvalue weighted by molar-refractivity contribution is -0.143. The van der Waals surface area contributed by atoms with Gasteiger partial charge in [0.25, 0.3) is 0 Å². The third kappa shape index (κ3) is 4.48. The van der Waals surface area contributed by atoms with Crippen LogP contribution in [-0.2, 0) is 16.0 Å². The van der Waals surface area contributed by atoms with Crippen molar-refractivity contribution in [3.63, 3.8) is 0 Å². The van der Waals surface area contributed by atoms with Gasteiger partial charge in [-0.2, -0.15) is 0 Å². The molecule has 0 aliphatic rings. The molecule has 136 valence electrons. The van der Waals surface area contributed by atoms with Crippen LogP contribution in [0, 0.1) is 18.8 Å². The van der Waals surface area contributed by atoms with E-state index in [-0.39, 0.29) is 5.97 Å². The van der Waals surface area contributed by atoms with Crippen LogP contribution in [0.1, 0.15) is 35.6 Å². The number of carbonyl (C=O) groups excluding carboxylic acids is 1. The maximum absolute atomic E-state index is 11.6. The smallest absolute Gasteiger partial charge is 0.306 e. The Labute approximate surface area is 160 Å². The van der Waals surface area contributed by atoms with E-state index in [9.17, 15) is 4.79 Å². The molecule has 0 aromatic heterocycles. The highest BCUT2D eigenvalue weighted by atomic mass is 16.5. The van der Waals surface area contributed by atoms with Crippen molar-refractivity contribution < 1.29 is 9.53 Å². The normalized spacial score (nSPS) is 10.3. The molecule has 0 radical (unpaired) electrons. The zero-order valence-corrected chi connectivity index (χ0v) is 15.7. The van der Waals surface area contributed by atoms with Crippen LogP contribution in [0.2, 0.25) is 0 Å². The van der Waals surface area contributed by atoms with Crippen molar-refractivity contribution in [1.29, 1.82) is 0 Å². The summed E-state index contributed by atoms with van der Waals surface area (Å²) in [5.74, 6) is 6.34. The van der Waals surface area contributed by atoms with E-state index >= 15 is 0 Å². The second-order valence-electron chi connectivity index (χ2n) is 6.46. The van der Waals surface area contributed by atoms with Crippen LogP contribution in [0.15, 0.2) is 54.6 Å². The number of aryl methyl sites for hydroxylation is 2. The number of benzene rings is 3. The first-order valence-corrected chi connectivity index (χ1v) is 9.13. The Morgan fingerprint density at radius 1 is 1.07 bits per heavy atom. The second-order valence-corrected chi connectivity index (χ2v) is 6.46. The molecular formula is C24H23NO2. The summed E-state index contributed by atoms with van der Waals surface area (Å²) >= 11 is 0. The largest absolute Gasteiger partial charge is 0.466 e. The van der Waals surface area contributed by atoms with Crippen LogP contribution in [-0.4, -0.2) is 12.6 Å². The standard InChI is InChI=1S/C24H23NO2/c1-3-27-24(26)15-10-18-9-14-23(25)20(16-18)12-13-21-17(2)8-11-19-6-4-5-7-22(19)21/h4-9,11,14,16H,3,10,15,25H2,1-2H3. The van der Waals surface area contributed by atoms with Crippen molar-refractivity contribution in [1.82, 2.24) is 0 Å². The number of nitrogen functional groups attached to an aromatic ring is 1. The number of rotatable bonds is 4. The third-order valence-corrected chi connectivity index (χ3v) is 4.50. The van der Waals surface area contributed by atoms with E-state index in [0.29, 0.717) is 25.1 Å². The maximum atomic E-state index is 11.6. The minimum Gasteiger partial charge on any atom is -0.466 e. The van der Waals surface area contributed by atoms with Crippen molar-refractivity contribution in [2.45, 2.75) is 26.7 Å². The van der Waals surface area contributed by atoms with Gasteiger partial charge in [0.15, 0.2) is 0 Å². The first kappa shape index (κ1) is 18.5. The number of anilines is 1. The Bertz CT molecular complexity index is 1040. The summed E-state index contributed by atoms with van der Waals surface area (Å²) in [6, 6.07) is 18.2. The number of hydrogen-bond donors (Lipinski definition) is 1. The molecule has 27 heavy (non-hydrogen) atoms. The van der Waals surface area contributed by atoms with Gasteiger partial charge in [-0.1, -0.05) is 54.3 Å². The van der Waals surface area contributed by atoms with E-state index in [2.05, 4.69) is 43.0 Å². The van der Waals surface area contributed by atoms with Gasteiger partial charge in [0.1, 0.15) is 0 Å². The predicted molar refractivity (Wildman–Crippen MR) is 110 cm³/mol. The van der Waals surface area contributed by atoms with Crippen LogP contribution in [0.3, 0.4) is 0 Å². The summed E-state index contributed by atoms with van der Waals surface area (Å²) in [7, 11) is 0. The molecule has 0 heterocycles. The number of esters is 1. The Kier molecular flexibility index (Phi) is 5.78. The number of nitrogens with two attached hydrogens (primary N) is 1. The van der Waals surface area contributed by atoms with Gasteiger partial charge in [-0.15, -0.1) is 0 Å². The lowest BCUT2D eigenvalue weighted by Crippen LogP contribution is -2.05. The van der Waals surface area contributed by atoms with E-state index in [1.165, 1.54) is 5.39 Å². The number of hydrogen-bond acceptors (Lipinski definition) is 3. The molecule has 0 spiro atoms. The molecule has 3 heteroatoms. The zero-order chi connectivity index (χ0) is 19.2. The second kappa shape index (κ2) is 8.42. The Morgan fingerprint density at radius 2 is 1.89 bits per heavy atom. The van der Waals surface area contributed by atoms with E-state index in [1.54, 1.807) is 0 Å².